The highest BCUT2D eigenvalue weighted by molar-refractivity contribution is 7.99. The summed E-state index contributed by atoms with van der Waals surface area (Å²) in [6.07, 6.45) is 1.15. The number of anilines is 1. The molecule has 0 atom stereocenters. The zero-order valence-corrected chi connectivity index (χ0v) is 14.8. The van der Waals surface area contributed by atoms with Gasteiger partial charge in [-0.3, -0.25) is 4.79 Å². The molecule has 0 radical (unpaired) electrons. The lowest BCUT2D eigenvalue weighted by molar-refractivity contribution is -0.113. The Balaban J connectivity index is 1.83. The van der Waals surface area contributed by atoms with Crippen molar-refractivity contribution in [3.8, 4) is 0 Å². The van der Waals surface area contributed by atoms with Crippen LogP contribution in [0.5, 0.6) is 0 Å². The molecule has 1 amide bonds. The van der Waals surface area contributed by atoms with Gasteiger partial charge in [0, 0.05) is 22.7 Å². The van der Waals surface area contributed by atoms with E-state index in [0.717, 1.165) is 11.8 Å². The van der Waals surface area contributed by atoms with Crippen LogP contribution in [0.15, 0.2) is 53.4 Å². The number of hydrogen-bond donors (Lipinski definition) is 1. The first-order valence-corrected chi connectivity index (χ1v) is 10.2. The minimum atomic E-state index is -3.22. The molecule has 0 fully saturated rings. The third-order valence-electron chi connectivity index (χ3n) is 2.96. The fourth-order valence-electron chi connectivity index (χ4n) is 1.87. The lowest BCUT2D eigenvalue weighted by Crippen LogP contribution is -2.14. The first kappa shape index (κ1) is 17.8. The number of thioether (sulfide) groups is 1. The predicted molar refractivity (Wildman–Crippen MR) is 95.8 cm³/mol. The van der Waals surface area contributed by atoms with E-state index in [2.05, 4.69) is 5.32 Å². The van der Waals surface area contributed by atoms with Gasteiger partial charge in [0.05, 0.1) is 10.6 Å². The lowest BCUT2D eigenvalue weighted by atomic mass is 10.2. The Morgan fingerprint density at radius 2 is 1.87 bits per heavy atom. The Morgan fingerprint density at radius 1 is 1.17 bits per heavy atom. The van der Waals surface area contributed by atoms with Crippen LogP contribution in [-0.4, -0.2) is 26.3 Å². The quantitative estimate of drug-likeness (QED) is 0.844. The third kappa shape index (κ3) is 5.89. The highest BCUT2D eigenvalue weighted by Gasteiger charge is 2.08. The molecule has 0 unspecified atom stereocenters. The summed E-state index contributed by atoms with van der Waals surface area (Å²) in [4.78, 5) is 12.1. The first-order valence-electron chi connectivity index (χ1n) is 6.77. The van der Waals surface area contributed by atoms with Gasteiger partial charge in [-0.05, 0) is 42.0 Å². The summed E-state index contributed by atoms with van der Waals surface area (Å²) >= 11 is 7.39. The molecule has 0 spiro atoms. The highest BCUT2D eigenvalue weighted by Crippen LogP contribution is 2.18. The fraction of sp³-hybridized carbons (Fsp3) is 0.188. The summed E-state index contributed by atoms with van der Waals surface area (Å²) in [6, 6.07) is 13.6. The highest BCUT2D eigenvalue weighted by atomic mass is 35.5. The molecular weight excluding hydrogens is 354 g/mol. The summed E-state index contributed by atoms with van der Waals surface area (Å²) in [6.45, 7) is 0. The number of sulfone groups is 1. The lowest BCUT2D eigenvalue weighted by Gasteiger charge is -2.06. The van der Waals surface area contributed by atoms with Gasteiger partial charge in [0.2, 0.25) is 5.91 Å². The van der Waals surface area contributed by atoms with E-state index in [9.17, 15) is 13.2 Å². The Kier molecular flexibility index (Phi) is 6.10. The zero-order valence-electron chi connectivity index (χ0n) is 12.5. The van der Waals surface area contributed by atoms with E-state index in [1.165, 1.54) is 23.9 Å². The van der Waals surface area contributed by atoms with Crippen LogP contribution in [0.25, 0.3) is 0 Å². The van der Waals surface area contributed by atoms with E-state index in [0.29, 0.717) is 22.2 Å². The molecule has 0 aliphatic carbocycles. The van der Waals surface area contributed by atoms with Crippen molar-refractivity contribution in [2.45, 2.75) is 10.6 Å². The summed E-state index contributed by atoms with van der Waals surface area (Å²) in [5.74, 6) is 0.866. The van der Waals surface area contributed by atoms with Crippen molar-refractivity contribution in [3.05, 3.63) is 59.1 Å². The van der Waals surface area contributed by atoms with Crippen molar-refractivity contribution in [1.82, 2.24) is 0 Å². The molecule has 4 nitrogen and oxygen atoms in total. The zero-order chi connectivity index (χ0) is 16.9. The second-order valence-electron chi connectivity index (χ2n) is 4.97. The number of rotatable bonds is 6. The van der Waals surface area contributed by atoms with Gasteiger partial charge in [0.1, 0.15) is 0 Å². The molecule has 2 aromatic carbocycles. The van der Waals surface area contributed by atoms with Crippen molar-refractivity contribution in [1.29, 1.82) is 0 Å². The van der Waals surface area contributed by atoms with E-state index in [-0.39, 0.29) is 10.8 Å². The number of carbonyl (C=O) groups is 1. The maximum absolute atomic E-state index is 11.9. The van der Waals surface area contributed by atoms with E-state index in [4.69, 9.17) is 11.6 Å². The Morgan fingerprint density at radius 3 is 2.48 bits per heavy atom. The molecule has 0 saturated carbocycles. The van der Waals surface area contributed by atoms with Crippen LogP contribution in [0.2, 0.25) is 5.02 Å². The van der Waals surface area contributed by atoms with Gasteiger partial charge in [-0.2, -0.15) is 0 Å². The number of benzene rings is 2. The van der Waals surface area contributed by atoms with Gasteiger partial charge in [0.25, 0.3) is 0 Å². The molecule has 0 bridgehead atoms. The van der Waals surface area contributed by atoms with Gasteiger partial charge >= 0.3 is 0 Å². The number of carbonyl (C=O) groups excluding carboxylic acids is 1. The van der Waals surface area contributed by atoms with E-state index in [1.807, 2.05) is 24.3 Å². The third-order valence-corrected chi connectivity index (χ3v) is 5.32. The SMILES string of the molecule is CS(=O)(=O)c1ccc(NC(=O)CSCc2cccc(Cl)c2)cc1. The van der Waals surface area contributed by atoms with Gasteiger partial charge in [-0.1, -0.05) is 23.7 Å². The molecule has 2 aromatic rings. The van der Waals surface area contributed by atoms with Crippen LogP contribution in [0.4, 0.5) is 5.69 Å². The van der Waals surface area contributed by atoms with E-state index >= 15 is 0 Å². The van der Waals surface area contributed by atoms with Gasteiger partial charge in [-0.15, -0.1) is 11.8 Å². The molecule has 23 heavy (non-hydrogen) atoms. The van der Waals surface area contributed by atoms with E-state index in [1.54, 1.807) is 12.1 Å². The van der Waals surface area contributed by atoms with Crippen molar-refractivity contribution < 1.29 is 13.2 Å². The number of halogens is 1. The Hall–Kier alpha value is -1.50. The van der Waals surface area contributed by atoms with Gasteiger partial charge in [-0.25, -0.2) is 8.42 Å². The topological polar surface area (TPSA) is 63.2 Å². The average molecular weight is 370 g/mol. The number of nitrogens with one attached hydrogen (secondary N) is 1. The van der Waals surface area contributed by atoms with Crippen LogP contribution in [0.3, 0.4) is 0 Å². The molecule has 0 saturated heterocycles. The summed E-state index contributed by atoms with van der Waals surface area (Å²) < 4.78 is 22.7. The van der Waals surface area contributed by atoms with Gasteiger partial charge < -0.3 is 5.32 Å². The van der Waals surface area contributed by atoms with Crippen LogP contribution >= 0.6 is 23.4 Å². The monoisotopic (exact) mass is 369 g/mol. The molecular formula is C16H16ClNO3S2. The standard InChI is InChI=1S/C16H16ClNO3S2/c1-23(20,21)15-7-5-14(6-8-15)18-16(19)11-22-10-12-3-2-4-13(17)9-12/h2-9H,10-11H2,1H3,(H,18,19). The molecule has 7 heteroatoms. The van der Waals surface area contributed by atoms with E-state index < -0.39 is 9.84 Å². The second-order valence-corrected chi connectivity index (χ2v) is 8.41. The van der Waals surface area contributed by atoms with Crippen molar-refractivity contribution >= 4 is 44.8 Å². The Bertz CT molecular complexity index is 789. The predicted octanol–water partition coefficient (Wildman–Crippen LogP) is 3.62. The normalized spacial score (nSPS) is 11.2. The fourth-order valence-corrected chi connectivity index (χ4v) is 3.49. The first-order chi connectivity index (χ1) is 10.8. The molecule has 0 aliphatic rings. The average Bonchev–Trinajstić information content (AvgIpc) is 2.47. The van der Waals surface area contributed by atoms with Crippen molar-refractivity contribution in [2.75, 3.05) is 17.3 Å². The number of amides is 1. The molecule has 122 valence electrons. The molecule has 2 rings (SSSR count). The molecule has 0 heterocycles. The van der Waals surface area contributed by atoms with Crippen molar-refractivity contribution in [2.24, 2.45) is 0 Å². The van der Waals surface area contributed by atoms with Crippen LogP contribution < -0.4 is 5.32 Å². The molecule has 0 aromatic heterocycles. The smallest absolute Gasteiger partial charge is 0.234 e. The maximum atomic E-state index is 11.9. The van der Waals surface area contributed by atoms with Gasteiger partial charge in [0.15, 0.2) is 9.84 Å². The van der Waals surface area contributed by atoms with Crippen LogP contribution in [0, 0.1) is 0 Å². The summed E-state index contributed by atoms with van der Waals surface area (Å²) in [5, 5.41) is 3.42. The number of hydrogen-bond acceptors (Lipinski definition) is 4. The van der Waals surface area contributed by atoms with Crippen LogP contribution in [0.1, 0.15) is 5.56 Å². The van der Waals surface area contributed by atoms with Crippen molar-refractivity contribution in [3.63, 3.8) is 0 Å². The minimum absolute atomic E-state index is 0.135. The molecule has 1 N–H and O–H groups in total. The largest absolute Gasteiger partial charge is 0.325 e. The maximum Gasteiger partial charge on any atom is 0.234 e. The second kappa shape index (κ2) is 7.86. The minimum Gasteiger partial charge on any atom is -0.325 e. The summed E-state index contributed by atoms with van der Waals surface area (Å²) in [7, 11) is -3.22. The molecule has 0 aliphatic heterocycles. The Labute approximate surface area is 145 Å². The summed E-state index contributed by atoms with van der Waals surface area (Å²) in [5.41, 5.74) is 1.64. The van der Waals surface area contributed by atoms with Crippen LogP contribution in [-0.2, 0) is 20.4 Å².